The summed E-state index contributed by atoms with van der Waals surface area (Å²) in [6.45, 7) is 2.14. The van der Waals surface area contributed by atoms with Gasteiger partial charge in [-0.1, -0.05) is 19.8 Å². The van der Waals surface area contributed by atoms with Gasteiger partial charge in [-0.15, -0.1) is 0 Å². The maximum atomic E-state index is 10.3. The van der Waals surface area contributed by atoms with Crippen LogP contribution in [0, 0.1) is 11.3 Å². The Morgan fingerprint density at radius 2 is 2.33 bits per heavy atom. The molecule has 0 heterocycles. The van der Waals surface area contributed by atoms with E-state index in [4.69, 9.17) is 9.84 Å². The largest absolute Gasteiger partial charge is 0.506 e. The van der Waals surface area contributed by atoms with Gasteiger partial charge in [-0.3, -0.25) is 0 Å². The summed E-state index contributed by atoms with van der Waals surface area (Å²) in [6.07, 6.45) is 3.63. The zero-order chi connectivity index (χ0) is 8.77. The van der Waals surface area contributed by atoms with Crippen LogP contribution < -0.4 is 0 Å². The molecule has 2 saturated carbocycles. The van der Waals surface area contributed by atoms with Gasteiger partial charge in [0.25, 0.3) is 0 Å². The van der Waals surface area contributed by atoms with E-state index in [0.717, 1.165) is 12.8 Å². The minimum atomic E-state index is -1.12. The van der Waals surface area contributed by atoms with Crippen LogP contribution in [-0.4, -0.2) is 17.4 Å². The molecule has 0 bridgehead atoms. The minimum Gasteiger partial charge on any atom is -0.450 e. The Hall–Kier alpha value is -0.730. The second-order valence-corrected chi connectivity index (χ2v) is 4.16. The summed E-state index contributed by atoms with van der Waals surface area (Å²) < 4.78 is 4.83. The third kappa shape index (κ3) is 0.993. The lowest BCUT2D eigenvalue weighted by atomic mass is 9.90. The van der Waals surface area contributed by atoms with Gasteiger partial charge in [-0.05, 0) is 12.8 Å². The summed E-state index contributed by atoms with van der Waals surface area (Å²) in [6, 6.07) is 0. The Bertz CT molecular complexity index is 214. The third-order valence-corrected chi connectivity index (χ3v) is 3.46. The van der Waals surface area contributed by atoms with Crippen molar-refractivity contribution in [1.29, 1.82) is 0 Å². The van der Waals surface area contributed by atoms with Crippen LogP contribution in [0.25, 0.3) is 0 Å². The highest BCUT2D eigenvalue weighted by atomic mass is 16.7. The van der Waals surface area contributed by atoms with Crippen molar-refractivity contribution in [2.45, 2.75) is 38.7 Å². The first kappa shape index (κ1) is 7.90. The number of rotatable bonds is 1. The molecule has 0 amide bonds. The fourth-order valence-corrected chi connectivity index (χ4v) is 2.62. The van der Waals surface area contributed by atoms with Gasteiger partial charge in [0.15, 0.2) is 0 Å². The molecule has 2 rings (SSSR count). The van der Waals surface area contributed by atoms with Crippen LogP contribution in [-0.2, 0) is 4.74 Å². The molecule has 68 valence electrons. The molecule has 2 aliphatic rings. The molecular weight excluding hydrogens is 156 g/mol. The fraction of sp³-hybridized carbons (Fsp3) is 0.889. The van der Waals surface area contributed by atoms with Crippen LogP contribution in [0.4, 0.5) is 4.79 Å². The van der Waals surface area contributed by atoms with Gasteiger partial charge in [0, 0.05) is 11.3 Å². The summed E-state index contributed by atoms with van der Waals surface area (Å²) in [7, 11) is 0. The second kappa shape index (κ2) is 2.38. The number of fused-ring (bicyclic) bond motifs is 1. The van der Waals surface area contributed by atoms with Crippen LogP contribution in [0.15, 0.2) is 0 Å². The zero-order valence-electron chi connectivity index (χ0n) is 7.25. The average molecular weight is 170 g/mol. The summed E-state index contributed by atoms with van der Waals surface area (Å²) in [5, 5.41) is 8.46. The average Bonchev–Trinajstić information content (AvgIpc) is 2.56. The Morgan fingerprint density at radius 1 is 1.58 bits per heavy atom. The molecule has 0 saturated heterocycles. The molecule has 2 fully saturated rings. The number of hydrogen-bond acceptors (Lipinski definition) is 2. The van der Waals surface area contributed by atoms with Gasteiger partial charge < -0.3 is 9.84 Å². The Kier molecular flexibility index (Phi) is 1.56. The van der Waals surface area contributed by atoms with E-state index >= 15 is 0 Å². The third-order valence-electron chi connectivity index (χ3n) is 3.46. The number of carbonyl (C=O) groups is 1. The Morgan fingerprint density at radius 3 is 2.83 bits per heavy atom. The van der Waals surface area contributed by atoms with Crippen molar-refractivity contribution in [3.63, 3.8) is 0 Å². The van der Waals surface area contributed by atoms with E-state index in [2.05, 4.69) is 6.92 Å². The van der Waals surface area contributed by atoms with E-state index in [1.165, 1.54) is 12.8 Å². The molecule has 0 aromatic carbocycles. The van der Waals surface area contributed by atoms with E-state index in [-0.39, 0.29) is 11.5 Å². The van der Waals surface area contributed by atoms with Crippen molar-refractivity contribution in [2.75, 3.05) is 0 Å². The molecule has 3 heteroatoms. The van der Waals surface area contributed by atoms with E-state index in [9.17, 15) is 4.79 Å². The molecule has 3 atom stereocenters. The maximum absolute atomic E-state index is 10.3. The second-order valence-electron chi connectivity index (χ2n) is 4.16. The lowest BCUT2D eigenvalue weighted by Gasteiger charge is -2.14. The first-order valence-corrected chi connectivity index (χ1v) is 4.54. The zero-order valence-corrected chi connectivity index (χ0v) is 7.25. The summed E-state index contributed by atoms with van der Waals surface area (Å²) in [4.78, 5) is 10.3. The normalized spacial score (nSPS) is 44.8. The van der Waals surface area contributed by atoms with Crippen LogP contribution in [0.1, 0.15) is 32.6 Å². The monoisotopic (exact) mass is 170 g/mol. The molecule has 0 spiro atoms. The van der Waals surface area contributed by atoms with Crippen LogP contribution >= 0.6 is 0 Å². The van der Waals surface area contributed by atoms with Crippen LogP contribution in [0.3, 0.4) is 0 Å². The van der Waals surface area contributed by atoms with E-state index < -0.39 is 6.16 Å². The first-order chi connectivity index (χ1) is 5.64. The van der Waals surface area contributed by atoms with Gasteiger partial charge in [0.1, 0.15) is 6.10 Å². The molecule has 3 unspecified atom stereocenters. The molecule has 0 aromatic heterocycles. The van der Waals surface area contributed by atoms with Gasteiger partial charge in [0.05, 0.1) is 0 Å². The van der Waals surface area contributed by atoms with Crippen molar-refractivity contribution >= 4 is 6.16 Å². The lowest BCUT2D eigenvalue weighted by molar-refractivity contribution is 0.0709. The highest BCUT2D eigenvalue weighted by molar-refractivity contribution is 5.58. The van der Waals surface area contributed by atoms with E-state index in [1.54, 1.807) is 0 Å². The topological polar surface area (TPSA) is 46.5 Å². The summed E-state index contributed by atoms with van der Waals surface area (Å²) in [5.74, 6) is 0.516. The molecule has 0 radical (unpaired) electrons. The first-order valence-electron chi connectivity index (χ1n) is 4.54. The summed E-state index contributed by atoms with van der Waals surface area (Å²) in [5.41, 5.74) is 0.191. The molecule has 1 N–H and O–H groups in total. The SMILES string of the molecule is CC12CCCCC1C2OC(=O)O. The lowest BCUT2D eigenvalue weighted by Crippen LogP contribution is -2.09. The molecular formula is C9H14O3. The predicted octanol–water partition coefficient (Wildman–Crippen LogP) is 2.26. The smallest absolute Gasteiger partial charge is 0.450 e. The Labute approximate surface area is 71.7 Å². The van der Waals surface area contributed by atoms with E-state index in [0.29, 0.717) is 5.92 Å². The van der Waals surface area contributed by atoms with Gasteiger partial charge >= 0.3 is 6.16 Å². The van der Waals surface area contributed by atoms with Crippen molar-refractivity contribution in [2.24, 2.45) is 11.3 Å². The standard InChI is InChI=1S/C9H14O3/c1-9-5-3-2-4-6(9)7(9)12-8(10)11/h6-7H,2-5H2,1H3,(H,10,11). The predicted molar refractivity (Wildman–Crippen MR) is 43.0 cm³/mol. The summed E-state index contributed by atoms with van der Waals surface area (Å²) >= 11 is 0. The van der Waals surface area contributed by atoms with Gasteiger partial charge in [0.2, 0.25) is 0 Å². The number of carboxylic acid groups (broad SMARTS) is 1. The van der Waals surface area contributed by atoms with Crippen molar-refractivity contribution in [1.82, 2.24) is 0 Å². The van der Waals surface area contributed by atoms with Gasteiger partial charge in [-0.25, -0.2) is 4.79 Å². The molecule has 12 heavy (non-hydrogen) atoms. The highest BCUT2D eigenvalue weighted by Gasteiger charge is 2.64. The molecule has 0 aromatic rings. The number of ether oxygens (including phenoxy) is 1. The molecule has 3 nitrogen and oxygen atoms in total. The van der Waals surface area contributed by atoms with Crippen LogP contribution in [0.5, 0.6) is 0 Å². The van der Waals surface area contributed by atoms with Crippen molar-refractivity contribution < 1.29 is 14.6 Å². The van der Waals surface area contributed by atoms with Crippen molar-refractivity contribution in [3.8, 4) is 0 Å². The van der Waals surface area contributed by atoms with E-state index in [1.807, 2.05) is 0 Å². The molecule has 0 aliphatic heterocycles. The minimum absolute atomic E-state index is 0.00231. The fourth-order valence-electron chi connectivity index (χ4n) is 2.62. The quantitative estimate of drug-likeness (QED) is 0.614. The maximum Gasteiger partial charge on any atom is 0.506 e. The van der Waals surface area contributed by atoms with Gasteiger partial charge in [-0.2, -0.15) is 0 Å². The van der Waals surface area contributed by atoms with Crippen LogP contribution in [0.2, 0.25) is 0 Å². The number of hydrogen-bond donors (Lipinski definition) is 1. The molecule has 2 aliphatic carbocycles. The highest BCUT2D eigenvalue weighted by Crippen LogP contribution is 2.62. The van der Waals surface area contributed by atoms with Crippen molar-refractivity contribution in [3.05, 3.63) is 0 Å². The Balaban J connectivity index is 1.98.